The second-order valence-electron chi connectivity index (χ2n) is 0.781. The normalized spacial score (nSPS) is 7.38. The molecule has 46 valence electrons. The molecule has 3 nitrogen and oxygen atoms in total. The van der Waals surface area contributed by atoms with Gasteiger partial charge in [0.25, 0.3) is 0 Å². The summed E-state index contributed by atoms with van der Waals surface area (Å²) in [5, 5.41) is 17.1. The van der Waals surface area contributed by atoms with Crippen molar-refractivity contribution in [1.29, 1.82) is 5.26 Å². The smallest absolute Gasteiger partial charge is 0.545 e. The Kier molecular flexibility index (Phi) is 8.39. The number of rotatable bonds is 1. The number of carbonyl (C=O) groups excluding carboxylic acids is 1. The zero-order chi connectivity index (χ0) is 5.70. The van der Waals surface area contributed by atoms with E-state index in [1.54, 1.807) is 0 Å². The van der Waals surface area contributed by atoms with E-state index in [-0.39, 0.29) is 22.4 Å². The van der Waals surface area contributed by atoms with Crippen molar-refractivity contribution in [1.82, 2.24) is 0 Å². The van der Waals surface area contributed by atoms with Gasteiger partial charge in [-0.3, -0.25) is 0 Å². The molecule has 8 heavy (non-hydrogen) atoms. The Bertz CT molecular complexity index is 135. The number of carboxylic acids is 1. The minimum Gasteiger partial charge on any atom is -0.545 e. The van der Waals surface area contributed by atoms with Gasteiger partial charge in [-0.15, -0.1) is 0 Å². The maximum absolute atomic E-state index is 9.41. The van der Waals surface area contributed by atoms with E-state index in [4.69, 9.17) is 5.26 Å². The second-order valence-corrected chi connectivity index (χ2v) is 0.781. The van der Waals surface area contributed by atoms with Crippen molar-refractivity contribution in [2.75, 3.05) is 0 Å². The van der Waals surface area contributed by atoms with Gasteiger partial charge < -0.3 is 9.90 Å². The summed E-state index contributed by atoms with van der Waals surface area (Å²) in [4.78, 5) is 9.41. The minimum absolute atomic E-state index is 0. The van der Waals surface area contributed by atoms with Crippen molar-refractivity contribution in [3.63, 3.8) is 0 Å². The Morgan fingerprint density at radius 1 is 1.75 bits per heavy atom. The van der Waals surface area contributed by atoms with Crippen LogP contribution < -0.4 is 5.11 Å². The van der Waals surface area contributed by atoms with Crippen molar-refractivity contribution in [3.8, 4) is 6.07 Å². The molecule has 0 aliphatic heterocycles. The van der Waals surface area contributed by atoms with E-state index in [1.807, 2.05) is 0 Å². The molecule has 0 aliphatic carbocycles. The summed E-state index contributed by atoms with van der Waals surface area (Å²) in [5.74, 6) is -1.35. The number of nitriles is 1. The molecule has 4 heteroatoms. The van der Waals surface area contributed by atoms with Gasteiger partial charge in [0, 0.05) is 6.08 Å². The van der Waals surface area contributed by atoms with E-state index in [9.17, 15) is 9.90 Å². The van der Waals surface area contributed by atoms with Crippen LogP contribution in [0.15, 0.2) is 12.2 Å². The van der Waals surface area contributed by atoms with Gasteiger partial charge in [0.15, 0.2) is 0 Å². The Balaban J connectivity index is 0. The fourth-order valence-corrected chi connectivity index (χ4v) is 0.105. The van der Waals surface area contributed by atoms with Crippen LogP contribution in [0.25, 0.3) is 0 Å². The summed E-state index contributed by atoms with van der Waals surface area (Å²) in [5.41, 5.74) is 0. The van der Waals surface area contributed by atoms with Crippen LogP contribution in [0.1, 0.15) is 0 Å². The quantitative estimate of drug-likeness (QED) is 0.306. The second kappa shape index (κ2) is 6.44. The first-order chi connectivity index (χ1) is 3.27. The molecule has 0 bridgehead atoms. The molecule has 0 atom stereocenters. The van der Waals surface area contributed by atoms with Gasteiger partial charge in [-0.25, -0.2) is 0 Å². The molecule has 0 aromatic carbocycles. The van der Waals surface area contributed by atoms with E-state index in [2.05, 4.69) is 0 Å². The molecule has 0 rings (SSSR count). The largest absolute Gasteiger partial charge is 1.00 e. The first kappa shape index (κ1) is 10.4. The summed E-state index contributed by atoms with van der Waals surface area (Å²) >= 11 is 0. The van der Waals surface area contributed by atoms with E-state index >= 15 is 0 Å². The van der Waals surface area contributed by atoms with E-state index < -0.39 is 5.97 Å². The molecule has 0 spiro atoms. The van der Waals surface area contributed by atoms with Crippen LogP contribution in [0.5, 0.6) is 0 Å². The van der Waals surface area contributed by atoms with Gasteiger partial charge in [0.2, 0.25) is 0 Å². The zero-order valence-corrected chi connectivity index (χ0v) is 5.20. The van der Waals surface area contributed by atoms with Crippen molar-refractivity contribution < 1.29 is 32.3 Å². The molecule has 0 aliphatic rings. The van der Waals surface area contributed by atoms with Crippen LogP contribution in [0.4, 0.5) is 0 Å². The number of hydrogen-bond acceptors (Lipinski definition) is 3. The fourth-order valence-electron chi connectivity index (χ4n) is 0.105. The van der Waals surface area contributed by atoms with Gasteiger partial charge in [0.05, 0.1) is 12.0 Å². The molecule has 0 aromatic heterocycles. The van der Waals surface area contributed by atoms with Crippen molar-refractivity contribution >= 4 is 5.97 Å². The van der Waals surface area contributed by atoms with Crippen LogP contribution in [0.2, 0.25) is 0 Å². The molecular formula is C4H2AgNO2. The van der Waals surface area contributed by atoms with Crippen LogP contribution in [-0.2, 0) is 27.2 Å². The average Bonchev–Trinajstić information content (AvgIpc) is 1.61. The summed E-state index contributed by atoms with van der Waals surface area (Å²) in [7, 11) is 0. The van der Waals surface area contributed by atoms with E-state index in [0.29, 0.717) is 6.08 Å². The third kappa shape index (κ3) is 9.06. The Morgan fingerprint density at radius 3 is 2.38 bits per heavy atom. The number of carboxylic acid groups (broad SMARTS) is 1. The van der Waals surface area contributed by atoms with Crippen LogP contribution in [0, 0.1) is 11.3 Å². The number of nitrogens with zero attached hydrogens (tertiary/aromatic N) is 1. The van der Waals surface area contributed by atoms with Crippen LogP contribution in [-0.4, -0.2) is 5.97 Å². The van der Waals surface area contributed by atoms with Crippen molar-refractivity contribution in [2.45, 2.75) is 0 Å². The zero-order valence-electron chi connectivity index (χ0n) is 3.72. The first-order valence-corrected chi connectivity index (χ1v) is 1.54. The number of aliphatic carboxylic acids is 1. The molecular weight excluding hydrogens is 202 g/mol. The molecule has 0 fully saturated rings. The number of allylic oxidation sites excluding steroid dienone is 1. The SMILES string of the molecule is N#C/C=C/C(=O)[O-].[Ag+]. The molecule has 0 N–H and O–H groups in total. The Hall–Kier alpha value is -0.560. The number of hydrogen-bond donors (Lipinski definition) is 0. The molecule has 0 unspecified atom stereocenters. The van der Waals surface area contributed by atoms with Crippen molar-refractivity contribution in [2.24, 2.45) is 0 Å². The van der Waals surface area contributed by atoms with Crippen LogP contribution >= 0.6 is 0 Å². The topological polar surface area (TPSA) is 63.9 Å². The molecule has 0 heterocycles. The predicted octanol–water partition coefficient (Wildman–Crippen LogP) is -1.19. The summed E-state index contributed by atoms with van der Waals surface area (Å²) in [6, 6.07) is 1.50. The Morgan fingerprint density at radius 2 is 2.25 bits per heavy atom. The predicted molar refractivity (Wildman–Crippen MR) is 19.8 cm³/mol. The average molecular weight is 204 g/mol. The standard InChI is InChI=1S/C4H3NO2.Ag/c5-3-1-2-4(6)7;/h1-2H,(H,6,7);/q;+1/p-1/b2-1+;. The molecule has 0 aromatic rings. The third-order valence-corrected chi connectivity index (χ3v) is 0.294. The minimum atomic E-state index is -1.35. The van der Waals surface area contributed by atoms with Crippen molar-refractivity contribution in [3.05, 3.63) is 12.2 Å². The summed E-state index contributed by atoms with van der Waals surface area (Å²) < 4.78 is 0. The van der Waals surface area contributed by atoms with Gasteiger partial charge in [-0.2, -0.15) is 5.26 Å². The first-order valence-electron chi connectivity index (χ1n) is 1.54. The van der Waals surface area contributed by atoms with Gasteiger partial charge in [-0.1, -0.05) is 0 Å². The van der Waals surface area contributed by atoms with Crippen LogP contribution in [0.3, 0.4) is 0 Å². The molecule has 0 saturated heterocycles. The van der Waals surface area contributed by atoms with Gasteiger partial charge in [0.1, 0.15) is 0 Å². The maximum Gasteiger partial charge on any atom is 1.00 e. The number of carbonyl (C=O) groups is 1. The van der Waals surface area contributed by atoms with E-state index in [0.717, 1.165) is 6.08 Å². The maximum atomic E-state index is 9.41. The monoisotopic (exact) mass is 203 g/mol. The molecule has 0 amide bonds. The van der Waals surface area contributed by atoms with Gasteiger partial charge in [-0.05, 0) is 6.08 Å². The van der Waals surface area contributed by atoms with E-state index in [1.165, 1.54) is 6.07 Å². The fraction of sp³-hybridized carbons (Fsp3) is 0. The van der Waals surface area contributed by atoms with Gasteiger partial charge >= 0.3 is 22.4 Å². The Labute approximate surface area is 62.1 Å². The summed E-state index contributed by atoms with van der Waals surface area (Å²) in [6.45, 7) is 0. The molecule has 0 radical (unpaired) electrons. The third-order valence-electron chi connectivity index (χ3n) is 0.294. The summed E-state index contributed by atoms with van der Waals surface area (Å²) in [6.07, 6.45) is 1.51. The molecule has 0 saturated carbocycles.